The summed E-state index contributed by atoms with van der Waals surface area (Å²) < 4.78 is 41.7. The molecule has 0 aliphatic carbocycles. The molecule has 0 bridgehead atoms. The quantitative estimate of drug-likeness (QED) is 0.871. The van der Waals surface area contributed by atoms with E-state index in [1.165, 1.54) is 0 Å². The molecule has 2 heterocycles. The summed E-state index contributed by atoms with van der Waals surface area (Å²) >= 11 is 0. The molecule has 100 valence electrons. The fourth-order valence-electron chi connectivity index (χ4n) is 2.19. The highest BCUT2D eigenvalue weighted by Crippen LogP contribution is 2.40. The van der Waals surface area contributed by atoms with Gasteiger partial charge in [0.25, 0.3) is 0 Å². The van der Waals surface area contributed by atoms with Gasteiger partial charge in [-0.3, -0.25) is 0 Å². The van der Waals surface area contributed by atoms with Crippen molar-refractivity contribution < 1.29 is 17.9 Å². The van der Waals surface area contributed by atoms with Gasteiger partial charge in [0.2, 0.25) is 0 Å². The first kappa shape index (κ1) is 12.1. The number of hydrogen-bond donors (Lipinski definition) is 2. The maximum absolute atomic E-state index is 12.2. The molecule has 1 aliphatic heterocycles. The van der Waals surface area contributed by atoms with E-state index < -0.39 is 19.0 Å². The molecule has 0 fully saturated rings. The number of anilines is 1. The molecule has 1 unspecified atom stereocenters. The number of fused-ring (bicyclic) bond motifs is 3. The Balaban J connectivity index is 1.91. The van der Waals surface area contributed by atoms with Crippen LogP contribution in [0.3, 0.4) is 0 Å². The number of ether oxygens (including phenoxy) is 1. The number of aromatic nitrogens is 1. The van der Waals surface area contributed by atoms with Crippen molar-refractivity contribution >= 4 is 5.69 Å². The van der Waals surface area contributed by atoms with Crippen molar-refractivity contribution in [3.63, 3.8) is 0 Å². The van der Waals surface area contributed by atoms with Gasteiger partial charge in [-0.25, -0.2) is 0 Å². The van der Waals surface area contributed by atoms with Gasteiger partial charge in [0.15, 0.2) is 6.23 Å². The zero-order valence-electron chi connectivity index (χ0n) is 9.79. The summed E-state index contributed by atoms with van der Waals surface area (Å²) in [5.74, 6) is 0. The number of para-hydroxylation sites is 1. The van der Waals surface area contributed by atoms with Crippen LogP contribution in [0, 0.1) is 0 Å². The number of H-pyrrole nitrogens is 1. The standard InChI is InChI=1S/C13H11F3N2O/c14-13(15,16)7-19-12-9-5-6-17-11(9)8-3-1-2-4-10(8)18-12/h1-6,12,17-18H,7H2. The summed E-state index contributed by atoms with van der Waals surface area (Å²) in [4.78, 5) is 3.04. The van der Waals surface area contributed by atoms with E-state index >= 15 is 0 Å². The third kappa shape index (κ3) is 2.31. The Morgan fingerprint density at radius 1 is 1.16 bits per heavy atom. The van der Waals surface area contributed by atoms with Crippen LogP contribution in [0.2, 0.25) is 0 Å². The number of alkyl halides is 3. The minimum absolute atomic E-state index is 0.683. The fourth-order valence-corrected chi connectivity index (χ4v) is 2.19. The summed E-state index contributed by atoms with van der Waals surface area (Å²) in [5, 5.41) is 2.97. The van der Waals surface area contributed by atoms with Crippen molar-refractivity contribution in [2.24, 2.45) is 0 Å². The van der Waals surface area contributed by atoms with Gasteiger partial charge in [-0.1, -0.05) is 18.2 Å². The summed E-state index contributed by atoms with van der Waals surface area (Å²) in [7, 11) is 0. The molecule has 0 saturated carbocycles. The van der Waals surface area contributed by atoms with Gasteiger partial charge >= 0.3 is 6.18 Å². The SMILES string of the molecule is FC(F)(F)COC1Nc2ccccc2-c2[nH]ccc21. The second-order valence-electron chi connectivity index (χ2n) is 4.30. The predicted octanol–water partition coefficient (Wildman–Crippen LogP) is 3.68. The fraction of sp³-hybridized carbons (Fsp3) is 0.231. The molecule has 0 saturated heterocycles. The van der Waals surface area contributed by atoms with Gasteiger partial charge in [0.05, 0.1) is 5.69 Å². The van der Waals surface area contributed by atoms with Crippen molar-refractivity contribution in [1.82, 2.24) is 4.98 Å². The lowest BCUT2D eigenvalue weighted by Crippen LogP contribution is -2.25. The van der Waals surface area contributed by atoms with E-state index in [0.717, 1.165) is 16.9 Å². The molecule has 1 atom stereocenters. The van der Waals surface area contributed by atoms with Crippen LogP contribution in [0.25, 0.3) is 11.3 Å². The van der Waals surface area contributed by atoms with Crippen molar-refractivity contribution in [2.45, 2.75) is 12.4 Å². The lowest BCUT2D eigenvalue weighted by molar-refractivity contribution is -0.183. The molecular formula is C13H11F3N2O. The molecular weight excluding hydrogens is 257 g/mol. The number of nitrogens with one attached hydrogen (secondary N) is 2. The summed E-state index contributed by atoms with van der Waals surface area (Å²) in [5.41, 5.74) is 3.16. The normalized spacial score (nSPS) is 17.5. The predicted molar refractivity (Wildman–Crippen MR) is 64.6 cm³/mol. The van der Waals surface area contributed by atoms with Crippen molar-refractivity contribution in [2.75, 3.05) is 11.9 Å². The van der Waals surface area contributed by atoms with Crippen molar-refractivity contribution in [3.05, 3.63) is 42.1 Å². The third-order valence-electron chi connectivity index (χ3n) is 2.96. The minimum atomic E-state index is -4.34. The van der Waals surface area contributed by atoms with E-state index in [-0.39, 0.29) is 0 Å². The number of halogens is 3. The highest BCUT2D eigenvalue weighted by Gasteiger charge is 2.32. The van der Waals surface area contributed by atoms with E-state index in [9.17, 15) is 13.2 Å². The Bertz CT molecular complexity index is 592. The van der Waals surface area contributed by atoms with Gasteiger partial charge in [0, 0.05) is 23.0 Å². The Labute approximate surface area is 107 Å². The van der Waals surface area contributed by atoms with E-state index in [0.29, 0.717) is 5.56 Å². The van der Waals surface area contributed by atoms with Crippen LogP contribution in [0.5, 0.6) is 0 Å². The number of aromatic amines is 1. The van der Waals surface area contributed by atoms with E-state index in [2.05, 4.69) is 10.3 Å². The Morgan fingerprint density at radius 3 is 2.74 bits per heavy atom. The zero-order valence-corrected chi connectivity index (χ0v) is 9.79. The second-order valence-corrected chi connectivity index (χ2v) is 4.30. The van der Waals surface area contributed by atoms with E-state index in [1.54, 1.807) is 12.3 Å². The van der Waals surface area contributed by atoms with Crippen LogP contribution >= 0.6 is 0 Å². The van der Waals surface area contributed by atoms with Crippen LogP contribution in [0.4, 0.5) is 18.9 Å². The average Bonchev–Trinajstić information content (AvgIpc) is 2.84. The molecule has 1 aromatic carbocycles. The summed E-state index contributed by atoms with van der Waals surface area (Å²) in [6, 6.07) is 9.13. The van der Waals surface area contributed by atoms with Gasteiger partial charge < -0.3 is 15.0 Å². The molecule has 2 N–H and O–H groups in total. The third-order valence-corrected chi connectivity index (χ3v) is 2.96. The van der Waals surface area contributed by atoms with Crippen LogP contribution in [0.1, 0.15) is 11.8 Å². The first-order valence-electron chi connectivity index (χ1n) is 5.76. The molecule has 1 aliphatic rings. The highest BCUT2D eigenvalue weighted by atomic mass is 19.4. The van der Waals surface area contributed by atoms with E-state index in [4.69, 9.17) is 4.74 Å². The summed E-state index contributed by atoms with van der Waals surface area (Å²) in [6.07, 6.45) is -3.44. The molecule has 6 heteroatoms. The molecule has 3 nitrogen and oxygen atoms in total. The maximum Gasteiger partial charge on any atom is 0.411 e. The van der Waals surface area contributed by atoms with Gasteiger partial charge in [-0.2, -0.15) is 13.2 Å². The molecule has 2 aromatic rings. The number of rotatable bonds is 2. The average molecular weight is 268 g/mol. The van der Waals surface area contributed by atoms with E-state index in [1.807, 2.05) is 24.3 Å². The molecule has 0 spiro atoms. The van der Waals surface area contributed by atoms with Crippen LogP contribution in [0.15, 0.2) is 36.5 Å². The number of benzene rings is 1. The largest absolute Gasteiger partial charge is 0.411 e. The van der Waals surface area contributed by atoms with Crippen LogP contribution < -0.4 is 5.32 Å². The van der Waals surface area contributed by atoms with Gasteiger partial charge in [0.1, 0.15) is 6.61 Å². The molecule has 0 amide bonds. The molecule has 3 rings (SSSR count). The first-order valence-corrected chi connectivity index (χ1v) is 5.76. The zero-order chi connectivity index (χ0) is 13.5. The van der Waals surface area contributed by atoms with Gasteiger partial charge in [-0.15, -0.1) is 0 Å². The molecule has 0 radical (unpaired) electrons. The monoisotopic (exact) mass is 268 g/mol. The Morgan fingerprint density at radius 2 is 1.95 bits per heavy atom. The van der Waals surface area contributed by atoms with Crippen molar-refractivity contribution in [1.29, 1.82) is 0 Å². The van der Waals surface area contributed by atoms with Crippen LogP contribution in [-0.4, -0.2) is 17.8 Å². The second kappa shape index (κ2) is 4.31. The lowest BCUT2D eigenvalue weighted by atomic mass is 10.0. The first-order chi connectivity index (χ1) is 9.04. The van der Waals surface area contributed by atoms with Crippen LogP contribution in [-0.2, 0) is 4.74 Å². The molecule has 19 heavy (non-hydrogen) atoms. The maximum atomic E-state index is 12.2. The highest BCUT2D eigenvalue weighted by molar-refractivity contribution is 5.81. The number of hydrogen-bond acceptors (Lipinski definition) is 2. The van der Waals surface area contributed by atoms with Crippen molar-refractivity contribution in [3.8, 4) is 11.3 Å². The minimum Gasteiger partial charge on any atom is -0.361 e. The lowest BCUT2D eigenvalue weighted by Gasteiger charge is -2.27. The Hall–Kier alpha value is -1.95. The molecule has 1 aromatic heterocycles. The smallest absolute Gasteiger partial charge is 0.361 e. The summed E-state index contributed by atoms with van der Waals surface area (Å²) in [6.45, 7) is -1.28. The van der Waals surface area contributed by atoms with Gasteiger partial charge in [-0.05, 0) is 12.1 Å². The Kier molecular flexibility index (Phi) is 2.74. The topological polar surface area (TPSA) is 37.0 Å².